The van der Waals surface area contributed by atoms with E-state index in [2.05, 4.69) is 0 Å². The summed E-state index contributed by atoms with van der Waals surface area (Å²) in [6.07, 6.45) is 6.66. The molecular formula is C9H12O2. The molecule has 0 radical (unpaired) electrons. The molecular weight excluding hydrogens is 140 g/mol. The fourth-order valence-electron chi connectivity index (χ4n) is 1.03. The van der Waals surface area contributed by atoms with Gasteiger partial charge in [-0.2, -0.15) is 0 Å². The highest BCUT2D eigenvalue weighted by molar-refractivity contribution is 5.92. The van der Waals surface area contributed by atoms with Crippen LogP contribution in [0, 0.1) is 5.92 Å². The summed E-state index contributed by atoms with van der Waals surface area (Å²) in [5.41, 5.74) is 0. The third-order valence-corrected chi connectivity index (χ3v) is 1.79. The summed E-state index contributed by atoms with van der Waals surface area (Å²) in [6, 6.07) is 0. The lowest BCUT2D eigenvalue weighted by molar-refractivity contribution is -0.121. The van der Waals surface area contributed by atoms with E-state index in [0.717, 1.165) is 0 Å². The van der Waals surface area contributed by atoms with Crippen molar-refractivity contribution in [3.05, 3.63) is 24.5 Å². The average Bonchev–Trinajstić information content (AvgIpc) is 1.99. The summed E-state index contributed by atoms with van der Waals surface area (Å²) in [6.45, 7) is 3.79. The quantitative estimate of drug-likeness (QED) is 0.534. The van der Waals surface area contributed by atoms with Gasteiger partial charge in [-0.25, -0.2) is 0 Å². The number of ether oxygens (including phenoxy) is 1. The van der Waals surface area contributed by atoms with E-state index in [4.69, 9.17) is 4.74 Å². The van der Waals surface area contributed by atoms with Crippen molar-refractivity contribution in [1.29, 1.82) is 0 Å². The molecule has 0 aromatic carbocycles. The Morgan fingerprint density at radius 3 is 3.00 bits per heavy atom. The molecule has 0 unspecified atom stereocenters. The number of hydrogen-bond donors (Lipinski definition) is 0. The summed E-state index contributed by atoms with van der Waals surface area (Å²) in [7, 11) is 0. The number of allylic oxidation sites excluding steroid dienone is 2. The van der Waals surface area contributed by atoms with Crippen molar-refractivity contribution in [2.24, 2.45) is 5.92 Å². The molecule has 0 spiro atoms. The van der Waals surface area contributed by atoms with Gasteiger partial charge in [-0.05, 0) is 13.0 Å². The fourth-order valence-corrected chi connectivity index (χ4v) is 1.03. The molecule has 0 aliphatic carbocycles. The molecule has 1 aliphatic heterocycles. The summed E-state index contributed by atoms with van der Waals surface area (Å²) >= 11 is 0. The summed E-state index contributed by atoms with van der Waals surface area (Å²) < 4.78 is 5.21. The molecule has 60 valence electrons. The number of carbonyl (C=O) groups excluding carboxylic acids is 1. The maximum atomic E-state index is 11.1. The lowest BCUT2D eigenvalue weighted by atomic mass is 9.97. The second-order valence-corrected chi connectivity index (χ2v) is 2.62. The van der Waals surface area contributed by atoms with Crippen LogP contribution in [0.15, 0.2) is 24.5 Å². The van der Waals surface area contributed by atoms with E-state index < -0.39 is 0 Å². The van der Waals surface area contributed by atoms with Crippen molar-refractivity contribution in [1.82, 2.24) is 0 Å². The smallest absolute Gasteiger partial charge is 0.165 e. The predicted octanol–water partition coefficient (Wildman–Crippen LogP) is 1.68. The molecule has 0 bridgehead atoms. The zero-order valence-electron chi connectivity index (χ0n) is 6.78. The summed E-state index contributed by atoms with van der Waals surface area (Å²) in [4.78, 5) is 11.1. The first kappa shape index (κ1) is 8.05. The molecule has 0 saturated carbocycles. The third-order valence-electron chi connectivity index (χ3n) is 1.79. The van der Waals surface area contributed by atoms with Crippen molar-refractivity contribution in [3.63, 3.8) is 0 Å². The minimum atomic E-state index is -0.0718. The number of ketones is 1. The second kappa shape index (κ2) is 3.37. The highest BCUT2D eigenvalue weighted by atomic mass is 16.5. The van der Waals surface area contributed by atoms with Crippen LogP contribution >= 0.6 is 0 Å². The average molecular weight is 152 g/mol. The van der Waals surface area contributed by atoms with Crippen LogP contribution in [0.3, 0.4) is 0 Å². The van der Waals surface area contributed by atoms with Crippen LogP contribution in [0.4, 0.5) is 0 Å². The predicted molar refractivity (Wildman–Crippen MR) is 43.0 cm³/mol. The lowest BCUT2D eigenvalue weighted by Gasteiger charge is -2.21. The molecule has 0 N–H and O–H groups in total. The van der Waals surface area contributed by atoms with E-state index in [1.54, 1.807) is 0 Å². The standard InChI is InChI=1S/C9H12O2/c1-3-4-9-7(2)8(10)5-6-11-9/h3-7,9H,1-2H3/b4-3+/t7-,9+/m0/s1. The molecule has 2 heteroatoms. The second-order valence-electron chi connectivity index (χ2n) is 2.62. The van der Waals surface area contributed by atoms with Gasteiger partial charge in [0.05, 0.1) is 12.2 Å². The Hall–Kier alpha value is -1.05. The Morgan fingerprint density at radius 2 is 2.36 bits per heavy atom. The van der Waals surface area contributed by atoms with Crippen molar-refractivity contribution < 1.29 is 9.53 Å². The first-order valence-corrected chi connectivity index (χ1v) is 3.74. The normalized spacial score (nSPS) is 30.9. The zero-order chi connectivity index (χ0) is 8.27. The Labute approximate surface area is 66.5 Å². The summed E-state index contributed by atoms with van der Waals surface area (Å²) in [5, 5.41) is 0. The van der Waals surface area contributed by atoms with Gasteiger partial charge in [-0.3, -0.25) is 4.79 Å². The highest BCUT2D eigenvalue weighted by Gasteiger charge is 2.23. The molecule has 1 aliphatic rings. The van der Waals surface area contributed by atoms with Crippen LogP contribution in [-0.2, 0) is 9.53 Å². The van der Waals surface area contributed by atoms with E-state index >= 15 is 0 Å². The van der Waals surface area contributed by atoms with Gasteiger partial charge >= 0.3 is 0 Å². The van der Waals surface area contributed by atoms with Crippen LogP contribution < -0.4 is 0 Å². The van der Waals surface area contributed by atoms with E-state index in [1.807, 2.05) is 26.0 Å². The van der Waals surface area contributed by atoms with E-state index in [1.165, 1.54) is 12.3 Å². The monoisotopic (exact) mass is 152 g/mol. The van der Waals surface area contributed by atoms with Gasteiger partial charge in [0.25, 0.3) is 0 Å². The van der Waals surface area contributed by atoms with Gasteiger partial charge in [-0.15, -0.1) is 0 Å². The Kier molecular flexibility index (Phi) is 2.47. The van der Waals surface area contributed by atoms with Gasteiger partial charge < -0.3 is 4.74 Å². The van der Waals surface area contributed by atoms with Crippen molar-refractivity contribution in [3.8, 4) is 0 Å². The zero-order valence-corrected chi connectivity index (χ0v) is 6.78. The molecule has 0 saturated heterocycles. The Bertz CT molecular complexity index is 204. The molecule has 11 heavy (non-hydrogen) atoms. The van der Waals surface area contributed by atoms with E-state index in [-0.39, 0.29) is 17.8 Å². The Balaban J connectivity index is 2.70. The number of rotatable bonds is 1. The molecule has 1 rings (SSSR count). The maximum Gasteiger partial charge on any atom is 0.165 e. The van der Waals surface area contributed by atoms with Crippen LogP contribution in [0.2, 0.25) is 0 Å². The maximum absolute atomic E-state index is 11.1. The van der Waals surface area contributed by atoms with E-state index in [0.29, 0.717) is 0 Å². The molecule has 0 fully saturated rings. The lowest BCUT2D eigenvalue weighted by Crippen LogP contribution is -2.27. The van der Waals surface area contributed by atoms with Gasteiger partial charge in [0, 0.05) is 6.08 Å². The van der Waals surface area contributed by atoms with Crippen molar-refractivity contribution in [2.75, 3.05) is 0 Å². The molecule has 0 aromatic heterocycles. The molecule has 0 amide bonds. The number of carbonyl (C=O) groups is 1. The van der Waals surface area contributed by atoms with Crippen LogP contribution in [-0.4, -0.2) is 11.9 Å². The van der Waals surface area contributed by atoms with Gasteiger partial charge in [0.1, 0.15) is 6.10 Å². The molecule has 2 nitrogen and oxygen atoms in total. The molecule has 1 heterocycles. The van der Waals surface area contributed by atoms with Crippen molar-refractivity contribution in [2.45, 2.75) is 20.0 Å². The Morgan fingerprint density at radius 1 is 1.64 bits per heavy atom. The van der Waals surface area contributed by atoms with Crippen LogP contribution in [0.25, 0.3) is 0 Å². The molecule has 0 aromatic rings. The first-order chi connectivity index (χ1) is 5.25. The number of hydrogen-bond acceptors (Lipinski definition) is 2. The van der Waals surface area contributed by atoms with Gasteiger partial charge in [-0.1, -0.05) is 13.0 Å². The van der Waals surface area contributed by atoms with E-state index in [9.17, 15) is 4.79 Å². The minimum absolute atomic E-state index is 0.0452. The van der Waals surface area contributed by atoms with Crippen LogP contribution in [0.1, 0.15) is 13.8 Å². The van der Waals surface area contributed by atoms with Gasteiger partial charge in [0.15, 0.2) is 5.78 Å². The largest absolute Gasteiger partial charge is 0.493 e. The first-order valence-electron chi connectivity index (χ1n) is 3.74. The summed E-state index contributed by atoms with van der Waals surface area (Å²) in [5.74, 6) is 0.0931. The van der Waals surface area contributed by atoms with Crippen molar-refractivity contribution >= 4 is 5.78 Å². The van der Waals surface area contributed by atoms with Gasteiger partial charge in [0.2, 0.25) is 0 Å². The third kappa shape index (κ3) is 1.70. The topological polar surface area (TPSA) is 26.3 Å². The minimum Gasteiger partial charge on any atom is -0.493 e. The SMILES string of the molecule is C/C=C/[C@H]1OC=CC(=O)[C@@H]1C. The highest BCUT2D eigenvalue weighted by Crippen LogP contribution is 2.15. The fraction of sp³-hybridized carbons (Fsp3) is 0.444. The van der Waals surface area contributed by atoms with Crippen LogP contribution in [0.5, 0.6) is 0 Å². The molecule has 2 atom stereocenters.